The van der Waals surface area contributed by atoms with E-state index in [0.29, 0.717) is 23.1 Å². The van der Waals surface area contributed by atoms with Crippen LogP contribution < -0.4 is 10.9 Å². The fraction of sp³-hybridized carbons (Fsp3) is 0.571. The van der Waals surface area contributed by atoms with Crippen molar-refractivity contribution in [1.29, 1.82) is 0 Å². The number of carbonyl (C=O) groups excluding carboxylic acids is 1. The van der Waals surface area contributed by atoms with Crippen molar-refractivity contribution in [2.24, 2.45) is 0 Å². The maximum atomic E-state index is 12.6. The molecule has 1 aromatic carbocycles. The van der Waals surface area contributed by atoms with Gasteiger partial charge in [-0.15, -0.1) is 0 Å². The van der Waals surface area contributed by atoms with E-state index in [1.807, 2.05) is 24.3 Å². The van der Waals surface area contributed by atoms with E-state index in [1.165, 1.54) is 0 Å². The molecule has 1 aromatic heterocycles. The van der Waals surface area contributed by atoms with E-state index in [1.54, 1.807) is 4.57 Å². The second kappa shape index (κ2) is 11.2. The maximum Gasteiger partial charge on any atom is 0.262 e. The van der Waals surface area contributed by atoms with Gasteiger partial charge in [-0.2, -0.15) is 0 Å². The summed E-state index contributed by atoms with van der Waals surface area (Å²) < 4.78 is 7.40. The number of unbranched alkanes of at least 4 members (excludes halogenated alkanes) is 2. The smallest absolute Gasteiger partial charge is 0.262 e. The summed E-state index contributed by atoms with van der Waals surface area (Å²) >= 11 is 5.33. The minimum absolute atomic E-state index is 0.0534. The number of amides is 1. The van der Waals surface area contributed by atoms with Crippen LogP contribution in [-0.4, -0.2) is 59.8 Å². The van der Waals surface area contributed by atoms with Crippen molar-refractivity contribution < 1.29 is 9.53 Å². The number of aromatic nitrogens is 2. The molecule has 0 bridgehead atoms. The van der Waals surface area contributed by atoms with Crippen LogP contribution in [0.25, 0.3) is 10.9 Å². The van der Waals surface area contributed by atoms with Crippen LogP contribution in [0, 0.1) is 4.77 Å². The van der Waals surface area contributed by atoms with E-state index in [0.717, 1.165) is 70.6 Å². The van der Waals surface area contributed by atoms with Crippen molar-refractivity contribution in [3.63, 3.8) is 0 Å². The summed E-state index contributed by atoms with van der Waals surface area (Å²) in [5.74, 6) is 0.104. The number of benzene rings is 1. The summed E-state index contributed by atoms with van der Waals surface area (Å²) in [4.78, 5) is 30.0. The third kappa shape index (κ3) is 6.48. The lowest BCUT2D eigenvalue weighted by Gasteiger charge is -2.26. The van der Waals surface area contributed by atoms with Crippen LogP contribution in [0.1, 0.15) is 32.1 Å². The van der Waals surface area contributed by atoms with E-state index in [2.05, 4.69) is 15.2 Å². The number of H-pyrrole nitrogens is 1. The molecular weight excluding hydrogens is 388 g/mol. The Bertz CT molecular complexity index is 918. The molecule has 3 rings (SSSR count). The lowest BCUT2D eigenvalue weighted by Crippen LogP contribution is -2.38. The van der Waals surface area contributed by atoms with Gasteiger partial charge in [-0.25, -0.2) is 0 Å². The van der Waals surface area contributed by atoms with Gasteiger partial charge in [0.2, 0.25) is 5.91 Å². The largest absolute Gasteiger partial charge is 0.379 e. The molecule has 2 aromatic rings. The zero-order chi connectivity index (χ0) is 20.5. The van der Waals surface area contributed by atoms with Gasteiger partial charge < -0.3 is 15.0 Å². The zero-order valence-corrected chi connectivity index (χ0v) is 17.6. The number of nitrogens with zero attached hydrogens (tertiary/aromatic N) is 2. The third-order valence-corrected chi connectivity index (χ3v) is 5.57. The monoisotopic (exact) mass is 418 g/mol. The van der Waals surface area contributed by atoms with Gasteiger partial charge in [-0.3, -0.25) is 19.1 Å². The Hall–Kier alpha value is -2.03. The summed E-state index contributed by atoms with van der Waals surface area (Å²) in [6.07, 6.45) is 4.01. The Kier molecular flexibility index (Phi) is 8.39. The molecular formula is C21H30N4O3S. The normalized spacial score (nSPS) is 14.9. The van der Waals surface area contributed by atoms with Gasteiger partial charge in [0.05, 0.1) is 24.1 Å². The first-order valence-electron chi connectivity index (χ1n) is 10.4. The van der Waals surface area contributed by atoms with Gasteiger partial charge in [-0.05, 0) is 50.2 Å². The number of aromatic amines is 1. The molecule has 1 fully saturated rings. The fourth-order valence-corrected chi connectivity index (χ4v) is 3.86. The van der Waals surface area contributed by atoms with E-state index < -0.39 is 0 Å². The van der Waals surface area contributed by atoms with Gasteiger partial charge in [-0.1, -0.05) is 18.6 Å². The van der Waals surface area contributed by atoms with Gasteiger partial charge in [0, 0.05) is 32.6 Å². The summed E-state index contributed by atoms with van der Waals surface area (Å²) in [5.41, 5.74) is 0.714. The predicted octanol–water partition coefficient (Wildman–Crippen LogP) is 2.46. The number of fused-ring (bicyclic) bond motifs is 1. The number of hydrogen-bond donors (Lipinski definition) is 2. The molecule has 158 valence electrons. The van der Waals surface area contributed by atoms with Crippen LogP contribution in [0.2, 0.25) is 0 Å². The average molecular weight is 419 g/mol. The molecule has 29 heavy (non-hydrogen) atoms. The van der Waals surface area contributed by atoms with Crippen LogP contribution in [0.5, 0.6) is 0 Å². The highest BCUT2D eigenvalue weighted by molar-refractivity contribution is 7.71. The second-order valence-electron chi connectivity index (χ2n) is 7.40. The molecule has 1 aliphatic heterocycles. The minimum Gasteiger partial charge on any atom is -0.379 e. The summed E-state index contributed by atoms with van der Waals surface area (Å²) in [7, 11) is 0. The number of morpholine rings is 1. The molecule has 8 heteroatoms. The first-order valence-corrected chi connectivity index (χ1v) is 10.8. The van der Waals surface area contributed by atoms with Crippen molar-refractivity contribution >= 4 is 29.0 Å². The highest BCUT2D eigenvalue weighted by Crippen LogP contribution is 2.07. The highest BCUT2D eigenvalue weighted by Gasteiger charge is 2.09. The molecule has 7 nitrogen and oxygen atoms in total. The molecule has 0 aliphatic carbocycles. The van der Waals surface area contributed by atoms with E-state index >= 15 is 0 Å². The van der Waals surface area contributed by atoms with E-state index in [9.17, 15) is 9.59 Å². The number of carbonyl (C=O) groups is 1. The Morgan fingerprint density at radius 2 is 1.90 bits per heavy atom. The van der Waals surface area contributed by atoms with Crippen LogP contribution in [-0.2, 0) is 16.1 Å². The van der Waals surface area contributed by atoms with Crippen molar-refractivity contribution in [2.75, 3.05) is 39.4 Å². The molecule has 2 heterocycles. The third-order valence-electron chi connectivity index (χ3n) is 5.25. The Labute approximate surface area is 176 Å². The molecule has 0 saturated carbocycles. The van der Waals surface area contributed by atoms with Crippen LogP contribution in [0.4, 0.5) is 0 Å². The summed E-state index contributed by atoms with van der Waals surface area (Å²) in [6.45, 7) is 5.88. The van der Waals surface area contributed by atoms with Crippen LogP contribution >= 0.6 is 12.2 Å². The maximum absolute atomic E-state index is 12.6. The second-order valence-corrected chi connectivity index (χ2v) is 7.79. The molecule has 0 radical (unpaired) electrons. The number of nitrogens with one attached hydrogen (secondary N) is 2. The van der Waals surface area contributed by atoms with Gasteiger partial charge in [0.25, 0.3) is 5.56 Å². The van der Waals surface area contributed by atoms with Gasteiger partial charge >= 0.3 is 0 Å². The Morgan fingerprint density at radius 3 is 2.72 bits per heavy atom. The average Bonchev–Trinajstić information content (AvgIpc) is 2.74. The predicted molar refractivity (Wildman–Crippen MR) is 117 cm³/mol. The van der Waals surface area contributed by atoms with Gasteiger partial charge in [0.15, 0.2) is 4.77 Å². The lowest BCUT2D eigenvalue weighted by atomic mass is 10.2. The molecule has 1 saturated heterocycles. The minimum atomic E-state index is -0.0534. The zero-order valence-electron chi connectivity index (χ0n) is 16.8. The molecule has 2 N–H and O–H groups in total. The SMILES string of the molecule is O=C(CCCCCn1c(=S)[nH]c2ccccc2c1=O)NCCCN1CCOCC1. The van der Waals surface area contributed by atoms with Crippen LogP contribution in [0.15, 0.2) is 29.1 Å². The number of rotatable bonds is 10. The summed E-state index contributed by atoms with van der Waals surface area (Å²) in [5, 5.41) is 3.65. The summed E-state index contributed by atoms with van der Waals surface area (Å²) in [6, 6.07) is 7.40. The van der Waals surface area contributed by atoms with Crippen molar-refractivity contribution in [1.82, 2.24) is 19.8 Å². The lowest BCUT2D eigenvalue weighted by molar-refractivity contribution is -0.121. The Balaban J connectivity index is 1.31. The number of para-hydroxylation sites is 1. The first kappa shape index (κ1) is 21.7. The van der Waals surface area contributed by atoms with Gasteiger partial charge in [0.1, 0.15) is 0 Å². The topological polar surface area (TPSA) is 79.4 Å². The molecule has 0 spiro atoms. The quantitative estimate of drug-likeness (QED) is 0.458. The Morgan fingerprint density at radius 1 is 1.10 bits per heavy atom. The van der Waals surface area contributed by atoms with Crippen molar-refractivity contribution in [3.05, 3.63) is 39.4 Å². The molecule has 1 aliphatic rings. The number of ether oxygens (including phenoxy) is 1. The van der Waals surface area contributed by atoms with Crippen LogP contribution in [0.3, 0.4) is 0 Å². The van der Waals surface area contributed by atoms with Crippen molar-refractivity contribution in [3.8, 4) is 0 Å². The molecule has 0 atom stereocenters. The molecule has 1 amide bonds. The van der Waals surface area contributed by atoms with E-state index in [-0.39, 0.29) is 11.5 Å². The highest BCUT2D eigenvalue weighted by atomic mass is 32.1. The van der Waals surface area contributed by atoms with E-state index in [4.69, 9.17) is 17.0 Å². The standard InChI is InChI=1S/C21H30N4O3S/c26-19(22-10-6-11-24-13-15-28-16-14-24)9-2-1-5-12-25-20(27)17-7-3-4-8-18(17)23-21(25)29/h3-4,7-8H,1-2,5-6,9-16H2,(H,22,26)(H,23,29). The molecule has 0 unspecified atom stereocenters. The first-order chi connectivity index (χ1) is 14.1. The number of hydrogen-bond acceptors (Lipinski definition) is 5. The van der Waals surface area contributed by atoms with Crippen molar-refractivity contribution in [2.45, 2.75) is 38.6 Å². The fourth-order valence-electron chi connectivity index (χ4n) is 3.58.